The van der Waals surface area contributed by atoms with E-state index in [0.717, 1.165) is 0 Å². The molecule has 1 heterocycles. The fraction of sp³-hybridized carbons (Fsp3) is 0.296. The summed E-state index contributed by atoms with van der Waals surface area (Å²) in [5.74, 6) is -1.01. The van der Waals surface area contributed by atoms with Gasteiger partial charge in [-0.2, -0.15) is 0 Å². The zero-order chi connectivity index (χ0) is 27.4. The lowest BCUT2D eigenvalue weighted by atomic mass is 9.90. The lowest BCUT2D eigenvalue weighted by Gasteiger charge is -2.27. The topological polar surface area (TPSA) is 150 Å². The van der Waals surface area contributed by atoms with Crippen molar-refractivity contribution in [3.63, 3.8) is 0 Å². The molecule has 2 aromatic carbocycles. The van der Waals surface area contributed by atoms with Gasteiger partial charge in [0.1, 0.15) is 11.4 Å². The number of hydrogen-bond donors (Lipinski definition) is 4. The van der Waals surface area contributed by atoms with Crippen molar-refractivity contribution in [3.05, 3.63) is 77.2 Å². The fourth-order valence-electron chi connectivity index (χ4n) is 3.47. The van der Waals surface area contributed by atoms with Crippen LogP contribution < -0.4 is 26.3 Å². The lowest BCUT2D eigenvalue weighted by molar-refractivity contribution is -0.119. The average Bonchev–Trinajstić information content (AvgIpc) is 2.85. The quantitative estimate of drug-likeness (QED) is 0.327. The highest BCUT2D eigenvalue weighted by Gasteiger charge is 2.29. The van der Waals surface area contributed by atoms with Gasteiger partial charge in [0.2, 0.25) is 0 Å². The van der Waals surface area contributed by atoms with Crippen LogP contribution >= 0.6 is 0 Å². The summed E-state index contributed by atoms with van der Waals surface area (Å²) < 4.78 is 24.0. The molecule has 6 N–H and O–H groups in total. The maximum absolute atomic E-state index is 13.4. The summed E-state index contributed by atoms with van der Waals surface area (Å²) in [4.78, 5) is 28.4. The molecule has 0 bridgehead atoms. The molecule has 0 saturated heterocycles. The van der Waals surface area contributed by atoms with Gasteiger partial charge in [-0.3, -0.25) is 9.59 Å². The zero-order valence-corrected chi connectivity index (χ0v) is 21.2. The Balaban J connectivity index is 1.84. The smallest absolute Gasteiger partial charge is 0.255 e. The lowest BCUT2D eigenvalue weighted by Crippen LogP contribution is -2.40. The minimum atomic E-state index is -1.57. The van der Waals surface area contributed by atoms with Crippen molar-refractivity contribution in [2.45, 2.75) is 31.9 Å². The Morgan fingerprint density at radius 1 is 1.05 bits per heavy atom. The van der Waals surface area contributed by atoms with Crippen molar-refractivity contribution in [2.24, 2.45) is 11.5 Å². The molecule has 10 heteroatoms. The highest BCUT2D eigenvalue weighted by molar-refractivity contribution is 5.95. The Bertz CT molecular complexity index is 1290. The number of nitrogens with one attached hydrogen (secondary N) is 1. The Labute approximate surface area is 214 Å². The number of nitrogens with two attached hydrogens (primary N) is 2. The summed E-state index contributed by atoms with van der Waals surface area (Å²) >= 11 is 0. The molecule has 1 aromatic heterocycles. The van der Waals surface area contributed by atoms with Gasteiger partial charge in [0.25, 0.3) is 11.8 Å². The largest absolute Gasteiger partial charge is 0.493 e. The number of halogens is 1. The van der Waals surface area contributed by atoms with Crippen LogP contribution in [0.25, 0.3) is 11.3 Å². The summed E-state index contributed by atoms with van der Waals surface area (Å²) in [5.41, 5.74) is 11.5. The molecule has 0 radical (unpaired) electrons. The highest BCUT2D eigenvalue weighted by atomic mass is 19.1. The highest BCUT2D eigenvalue weighted by Crippen LogP contribution is 2.30. The first kappa shape index (κ1) is 27.6. The molecule has 1 atom stereocenters. The van der Waals surface area contributed by atoms with E-state index in [1.807, 2.05) is 13.8 Å². The van der Waals surface area contributed by atoms with E-state index in [9.17, 15) is 19.1 Å². The van der Waals surface area contributed by atoms with Crippen molar-refractivity contribution >= 4 is 11.8 Å². The minimum absolute atomic E-state index is 0.168. The van der Waals surface area contributed by atoms with Gasteiger partial charge in [-0.05, 0) is 80.9 Å². The molecule has 0 aliphatic heterocycles. The SMILES string of the molecule is COc1cc(C(=O)NCC(C)(O)c2cc(C(C)(C)N)cc(-c3ccc(F)cc3)n2)ccc1OCC(N)=O. The molecule has 37 heavy (non-hydrogen) atoms. The average molecular weight is 511 g/mol. The Morgan fingerprint density at radius 3 is 2.32 bits per heavy atom. The van der Waals surface area contributed by atoms with Crippen LogP contribution in [0.1, 0.15) is 42.4 Å². The Hall–Kier alpha value is -4.02. The number of primary amides is 1. The first-order valence-corrected chi connectivity index (χ1v) is 11.5. The molecule has 0 aliphatic rings. The van der Waals surface area contributed by atoms with Crippen LogP contribution in [0, 0.1) is 5.82 Å². The Morgan fingerprint density at radius 2 is 1.73 bits per heavy atom. The van der Waals surface area contributed by atoms with Crippen LogP contribution in [-0.2, 0) is 15.9 Å². The van der Waals surface area contributed by atoms with Crippen LogP contribution in [0.2, 0.25) is 0 Å². The number of hydrogen-bond acceptors (Lipinski definition) is 7. The number of carbonyl (C=O) groups excluding carboxylic acids is 2. The number of rotatable bonds is 10. The van der Waals surface area contributed by atoms with Crippen molar-refractivity contribution in [2.75, 3.05) is 20.3 Å². The number of carbonyl (C=O) groups is 2. The minimum Gasteiger partial charge on any atom is -0.493 e. The Kier molecular flexibility index (Phi) is 8.15. The molecule has 3 rings (SSSR count). The number of amides is 2. The monoisotopic (exact) mass is 510 g/mol. The summed E-state index contributed by atoms with van der Waals surface area (Å²) in [6, 6.07) is 13.7. The van der Waals surface area contributed by atoms with Gasteiger partial charge in [-0.25, -0.2) is 9.37 Å². The van der Waals surface area contributed by atoms with Crippen LogP contribution in [0.5, 0.6) is 11.5 Å². The summed E-state index contributed by atoms with van der Waals surface area (Å²) in [5, 5.41) is 14.0. The molecule has 0 saturated carbocycles. The van der Waals surface area contributed by atoms with E-state index in [1.165, 1.54) is 44.4 Å². The maximum atomic E-state index is 13.4. The standard InChI is InChI=1S/C27H31FN4O5/c1-26(2,30)18-12-20(16-5-8-19(28)9-6-16)32-23(13-18)27(3,35)15-31-25(34)17-7-10-21(22(11-17)36-4)37-14-24(29)33/h5-13,35H,14-15,30H2,1-4H3,(H2,29,33)(H,31,34). The van der Waals surface area contributed by atoms with Crippen molar-refractivity contribution in [1.29, 1.82) is 0 Å². The third-order valence-electron chi connectivity index (χ3n) is 5.65. The molecule has 2 amide bonds. The summed E-state index contributed by atoms with van der Waals surface area (Å²) in [6.45, 7) is 4.66. The molecular weight excluding hydrogens is 479 g/mol. The number of pyridine rings is 1. The van der Waals surface area contributed by atoms with Crippen molar-refractivity contribution in [1.82, 2.24) is 10.3 Å². The van der Waals surface area contributed by atoms with Crippen LogP contribution in [0.3, 0.4) is 0 Å². The summed E-state index contributed by atoms with van der Waals surface area (Å²) in [6.07, 6.45) is 0. The molecule has 1 unspecified atom stereocenters. The van der Waals surface area contributed by atoms with Gasteiger partial charge in [-0.15, -0.1) is 0 Å². The number of methoxy groups -OCH3 is 1. The normalized spacial score (nSPS) is 12.9. The number of nitrogens with zero attached hydrogens (tertiary/aromatic N) is 1. The van der Waals surface area contributed by atoms with Crippen molar-refractivity contribution < 1.29 is 28.6 Å². The second-order valence-electron chi connectivity index (χ2n) is 9.43. The van der Waals surface area contributed by atoms with Crippen LogP contribution in [0.4, 0.5) is 4.39 Å². The number of aliphatic hydroxyl groups is 1. The second-order valence-corrected chi connectivity index (χ2v) is 9.43. The molecule has 0 fully saturated rings. The molecule has 196 valence electrons. The molecule has 0 spiro atoms. The third kappa shape index (κ3) is 7.02. The van der Waals surface area contributed by atoms with E-state index >= 15 is 0 Å². The number of aromatic nitrogens is 1. The first-order valence-electron chi connectivity index (χ1n) is 11.5. The molecule has 0 aliphatic carbocycles. The third-order valence-corrected chi connectivity index (χ3v) is 5.65. The van der Waals surface area contributed by atoms with Gasteiger partial charge < -0.3 is 31.4 Å². The van der Waals surface area contributed by atoms with Gasteiger partial charge in [0.05, 0.1) is 25.0 Å². The summed E-state index contributed by atoms with van der Waals surface area (Å²) in [7, 11) is 1.40. The predicted octanol–water partition coefficient (Wildman–Crippen LogP) is 2.59. The van der Waals surface area contributed by atoms with Gasteiger partial charge >= 0.3 is 0 Å². The van der Waals surface area contributed by atoms with Gasteiger partial charge in [0, 0.05) is 16.7 Å². The molecular formula is C27H31FN4O5. The van der Waals surface area contributed by atoms with E-state index in [0.29, 0.717) is 16.8 Å². The van der Waals surface area contributed by atoms with Crippen molar-refractivity contribution in [3.8, 4) is 22.8 Å². The van der Waals surface area contributed by atoms with Crippen LogP contribution in [0.15, 0.2) is 54.6 Å². The van der Waals surface area contributed by atoms with E-state index < -0.39 is 23.0 Å². The number of ether oxygens (including phenoxy) is 2. The molecule has 9 nitrogen and oxygen atoms in total. The van der Waals surface area contributed by atoms with E-state index in [1.54, 1.807) is 24.3 Å². The fourth-order valence-corrected chi connectivity index (χ4v) is 3.47. The predicted molar refractivity (Wildman–Crippen MR) is 136 cm³/mol. The van der Waals surface area contributed by atoms with Crippen LogP contribution in [-0.4, -0.2) is 42.2 Å². The van der Waals surface area contributed by atoms with E-state index in [4.69, 9.17) is 20.9 Å². The van der Waals surface area contributed by atoms with E-state index in [2.05, 4.69) is 10.3 Å². The van der Waals surface area contributed by atoms with E-state index in [-0.39, 0.29) is 41.7 Å². The number of benzene rings is 2. The zero-order valence-electron chi connectivity index (χ0n) is 21.2. The second kappa shape index (κ2) is 10.9. The maximum Gasteiger partial charge on any atom is 0.255 e. The molecule has 3 aromatic rings. The van der Waals surface area contributed by atoms with Gasteiger partial charge in [0.15, 0.2) is 18.1 Å². The first-order chi connectivity index (χ1) is 17.3. The van der Waals surface area contributed by atoms with Gasteiger partial charge in [-0.1, -0.05) is 0 Å².